The van der Waals surface area contributed by atoms with E-state index in [-0.39, 0.29) is 5.97 Å². The number of anilines is 1. The highest BCUT2D eigenvalue weighted by Gasteiger charge is 2.23. The van der Waals surface area contributed by atoms with Gasteiger partial charge in [0.1, 0.15) is 5.82 Å². The van der Waals surface area contributed by atoms with Crippen molar-refractivity contribution < 1.29 is 14.1 Å². The molecular formula is C15H19N5O3. The van der Waals surface area contributed by atoms with Crippen LogP contribution in [0.2, 0.25) is 0 Å². The maximum atomic E-state index is 11.4. The minimum atomic E-state index is -0.210. The zero-order valence-electron chi connectivity index (χ0n) is 13.2. The van der Waals surface area contributed by atoms with Crippen LogP contribution >= 0.6 is 0 Å². The lowest BCUT2D eigenvalue weighted by molar-refractivity contribution is -0.142. The Bertz CT molecular complexity index is 679. The number of aryl methyl sites for hydroxylation is 1. The zero-order valence-corrected chi connectivity index (χ0v) is 13.2. The minimum absolute atomic E-state index is 0.210. The topological polar surface area (TPSA) is 84.6 Å². The second-order valence-electron chi connectivity index (χ2n) is 5.36. The molecule has 0 aliphatic carbocycles. The van der Waals surface area contributed by atoms with Gasteiger partial charge >= 0.3 is 5.97 Å². The molecule has 1 fully saturated rings. The lowest BCUT2D eigenvalue weighted by atomic mass is 10.2. The molecule has 2 aromatic heterocycles. The number of pyridine rings is 1. The first kappa shape index (κ1) is 15.4. The fraction of sp³-hybridized carbons (Fsp3) is 0.467. The van der Waals surface area contributed by atoms with E-state index in [9.17, 15) is 4.79 Å². The molecule has 0 aromatic carbocycles. The van der Waals surface area contributed by atoms with Crippen LogP contribution < -0.4 is 4.90 Å². The molecule has 122 valence electrons. The molecule has 3 rings (SSSR count). The maximum absolute atomic E-state index is 11.4. The van der Waals surface area contributed by atoms with Gasteiger partial charge in [0.25, 0.3) is 5.89 Å². The Morgan fingerprint density at radius 1 is 1.35 bits per heavy atom. The van der Waals surface area contributed by atoms with Gasteiger partial charge in [-0.1, -0.05) is 5.16 Å². The van der Waals surface area contributed by atoms with Gasteiger partial charge in [0, 0.05) is 32.4 Å². The number of rotatable bonds is 4. The standard InChI is InChI=1S/C15H19N5O3/c1-11-17-15(23-18-11)12-4-3-5-16-14(12)20-8-6-19(7-9-20)10-13(21)22-2/h3-5H,6-10H2,1-2H3. The van der Waals surface area contributed by atoms with Crippen LogP contribution in [0.15, 0.2) is 22.9 Å². The van der Waals surface area contributed by atoms with Gasteiger partial charge in [-0.15, -0.1) is 0 Å². The first-order valence-corrected chi connectivity index (χ1v) is 7.47. The number of carbonyl (C=O) groups is 1. The summed E-state index contributed by atoms with van der Waals surface area (Å²) in [5.74, 6) is 1.69. The van der Waals surface area contributed by atoms with Crippen LogP contribution in [0.3, 0.4) is 0 Å². The van der Waals surface area contributed by atoms with Gasteiger partial charge in [0.05, 0.1) is 19.2 Å². The van der Waals surface area contributed by atoms with Crippen molar-refractivity contribution in [3.8, 4) is 11.5 Å². The van der Waals surface area contributed by atoms with E-state index >= 15 is 0 Å². The van der Waals surface area contributed by atoms with E-state index < -0.39 is 0 Å². The summed E-state index contributed by atoms with van der Waals surface area (Å²) in [6, 6.07) is 3.78. The van der Waals surface area contributed by atoms with Crippen LogP contribution in [0.25, 0.3) is 11.5 Å². The summed E-state index contributed by atoms with van der Waals surface area (Å²) in [5.41, 5.74) is 0.828. The number of carbonyl (C=O) groups excluding carboxylic acids is 1. The Morgan fingerprint density at radius 2 is 2.13 bits per heavy atom. The molecule has 2 aromatic rings. The highest BCUT2D eigenvalue weighted by atomic mass is 16.5. The average molecular weight is 317 g/mol. The van der Waals surface area contributed by atoms with E-state index in [4.69, 9.17) is 9.26 Å². The molecule has 1 aliphatic heterocycles. The van der Waals surface area contributed by atoms with Crippen LogP contribution in [-0.4, -0.2) is 65.8 Å². The third-order valence-corrected chi connectivity index (χ3v) is 3.80. The highest BCUT2D eigenvalue weighted by molar-refractivity contribution is 5.72. The van der Waals surface area contributed by atoms with E-state index in [1.54, 1.807) is 13.1 Å². The third kappa shape index (κ3) is 3.48. The van der Waals surface area contributed by atoms with Crippen molar-refractivity contribution in [2.24, 2.45) is 0 Å². The summed E-state index contributed by atoms with van der Waals surface area (Å²) >= 11 is 0. The lowest BCUT2D eigenvalue weighted by Crippen LogP contribution is -2.48. The van der Waals surface area contributed by atoms with E-state index in [2.05, 4.69) is 24.9 Å². The molecule has 1 aliphatic rings. The molecule has 0 amide bonds. The monoisotopic (exact) mass is 317 g/mol. The van der Waals surface area contributed by atoms with Crippen molar-refractivity contribution in [2.45, 2.75) is 6.92 Å². The Morgan fingerprint density at radius 3 is 2.78 bits per heavy atom. The largest absolute Gasteiger partial charge is 0.468 e. The predicted octanol–water partition coefficient (Wildman–Crippen LogP) is 0.735. The van der Waals surface area contributed by atoms with Gasteiger partial charge in [-0.05, 0) is 19.1 Å². The van der Waals surface area contributed by atoms with E-state index in [0.717, 1.165) is 37.6 Å². The summed E-state index contributed by atoms with van der Waals surface area (Å²) in [6.07, 6.45) is 1.75. The summed E-state index contributed by atoms with van der Waals surface area (Å²) < 4.78 is 9.98. The first-order valence-electron chi connectivity index (χ1n) is 7.47. The number of ether oxygens (including phenoxy) is 1. The van der Waals surface area contributed by atoms with Crippen molar-refractivity contribution in [2.75, 3.05) is 44.7 Å². The number of esters is 1. The molecule has 23 heavy (non-hydrogen) atoms. The van der Waals surface area contributed by atoms with Gasteiger partial charge in [0.15, 0.2) is 5.82 Å². The van der Waals surface area contributed by atoms with E-state index in [1.165, 1.54) is 7.11 Å². The van der Waals surface area contributed by atoms with Crippen molar-refractivity contribution in [3.05, 3.63) is 24.2 Å². The quantitative estimate of drug-likeness (QED) is 0.763. The van der Waals surface area contributed by atoms with E-state index in [0.29, 0.717) is 18.3 Å². The number of aromatic nitrogens is 3. The number of hydrogen-bond donors (Lipinski definition) is 0. The second-order valence-corrected chi connectivity index (χ2v) is 5.36. The van der Waals surface area contributed by atoms with Crippen molar-refractivity contribution >= 4 is 11.8 Å². The molecule has 8 nitrogen and oxygen atoms in total. The predicted molar refractivity (Wildman–Crippen MR) is 82.9 cm³/mol. The van der Waals surface area contributed by atoms with Crippen molar-refractivity contribution in [3.63, 3.8) is 0 Å². The molecule has 0 unspecified atom stereocenters. The molecular weight excluding hydrogens is 298 g/mol. The lowest BCUT2D eigenvalue weighted by Gasteiger charge is -2.35. The Labute approximate surface area is 134 Å². The van der Waals surface area contributed by atoms with Gasteiger partial charge in [-0.25, -0.2) is 4.98 Å². The maximum Gasteiger partial charge on any atom is 0.319 e. The Kier molecular flexibility index (Phi) is 4.52. The van der Waals surface area contributed by atoms with Gasteiger partial charge in [-0.3, -0.25) is 9.69 Å². The number of methoxy groups -OCH3 is 1. The van der Waals surface area contributed by atoms with Crippen molar-refractivity contribution in [1.82, 2.24) is 20.0 Å². The molecule has 0 atom stereocenters. The van der Waals surface area contributed by atoms with Crippen LogP contribution in [0.1, 0.15) is 5.82 Å². The summed E-state index contributed by atoms with van der Waals surface area (Å²) in [6.45, 7) is 5.20. The molecule has 1 saturated heterocycles. The number of nitrogens with zero attached hydrogens (tertiary/aromatic N) is 5. The van der Waals surface area contributed by atoms with Gasteiger partial charge in [-0.2, -0.15) is 4.98 Å². The first-order chi connectivity index (χ1) is 11.2. The fourth-order valence-electron chi connectivity index (χ4n) is 2.59. The van der Waals surface area contributed by atoms with Crippen LogP contribution in [0.5, 0.6) is 0 Å². The zero-order chi connectivity index (χ0) is 16.2. The summed E-state index contributed by atoms with van der Waals surface area (Å²) in [7, 11) is 1.41. The SMILES string of the molecule is COC(=O)CN1CCN(c2ncccc2-c2nc(C)no2)CC1. The smallest absolute Gasteiger partial charge is 0.319 e. The molecule has 0 N–H and O–H groups in total. The fourth-order valence-corrected chi connectivity index (χ4v) is 2.59. The third-order valence-electron chi connectivity index (χ3n) is 3.80. The molecule has 8 heteroatoms. The van der Waals surface area contributed by atoms with Gasteiger partial charge in [0.2, 0.25) is 0 Å². The van der Waals surface area contributed by atoms with E-state index in [1.807, 2.05) is 12.1 Å². The molecule has 0 spiro atoms. The van der Waals surface area contributed by atoms with Crippen LogP contribution in [0, 0.1) is 6.92 Å². The molecule has 0 saturated carbocycles. The summed E-state index contributed by atoms with van der Waals surface area (Å²) in [5, 5.41) is 3.84. The highest BCUT2D eigenvalue weighted by Crippen LogP contribution is 2.28. The normalized spacial score (nSPS) is 15.7. The van der Waals surface area contributed by atoms with Crippen molar-refractivity contribution in [1.29, 1.82) is 0 Å². The Hall–Kier alpha value is -2.48. The number of piperazine rings is 1. The minimum Gasteiger partial charge on any atom is -0.468 e. The molecule has 0 bridgehead atoms. The number of hydrogen-bond acceptors (Lipinski definition) is 8. The molecule has 3 heterocycles. The molecule has 0 radical (unpaired) electrons. The van der Waals surface area contributed by atoms with Crippen LogP contribution in [0.4, 0.5) is 5.82 Å². The summed E-state index contributed by atoms with van der Waals surface area (Å²) in [4.78, 5) is 24.4. The Balaban J connectivity index is 1.73. The van der Waals surface area contributed by atoms with Crippen LogP contribution in [-0.2, 0) is 9.53 Å². The second kappa shape index (κ2) is 6.74. The van der Waals surface area contributed by atoms with Gasteiger partial charge < -0.3 is 14.2 Å². The average Bonchev–Trinajstić information content (AvgIpc) is 3.02.